The zero-order valence-corrected chi connectivity index (χ0v) is 23.6. The number of aliphatic hydroxyl groups excluding tert-OH is 1. The first kappa shape index (κ1) is 29.5. The minimum Gasteiger partial charge on any atom is -0.498 e. The lowest BCUT2D eigenvalue weighted by molar-refractivity contribution is 0.191. The van der Waals surface area contributed by atoms with Crippen molar-refractivity contribution in [2.45, 2.75) is 44.9 Å². The maximum Gasteiger partial charge on any atom is 0.263 e. The molecule has 0 radical (unpaired) electrons. The van der Waals surface area contributed by atoms with Gasteiger partial charge in [-0.25, -0.2) is 23.4 Å². The number of ether oxygens (including phenoxy) is 3. The van der Waals surface area contributed by atoms with E-state index in [1.54, 1.807) is 44.2 Å². The summed E-state index contributed by atoms with van der Waals surface area (Å²) >= 11 is 0. The molecule has 11 nitrogen and oxygen atoms in total. The maximum atomic E-state index is 13.5. The Morgan fingerprint density at radius 3 is 2.31 bits per heavy atom. The lowest BCUT2D eigenvalue weighted by Gasteiger charge is -2.20. The second kappa shape index (κ2) is 12.7. The van der Waals surface area contributed by atoms with Crippen LogP contribution in [0.15, 0.2) is 71.3 Å². The van der Waals surface area contributed by atoms with E-state index >= 15 is 0 Å². The molecule has 0 unspecified atom stereocenters. The third kappa shape index (κ3) is 7.52. The maximum absolute atomic E-state index is 13.5. The lowest BCUT2D eigenvalue weighted by atomic mass is 9.87. The quantitative estimate of drug-likeness (QED) is 0.260. The average Bonchev–Trinajstić information content (AvgIpc) is 2.92. The van der Waals surface area contributed by atoms with Crippen molar-refractivity contribution in [3.05, 3.63) is 72.0 Å². The van der Waals surface area contributed by atoms with Gasteiger partial charge in [0.1, 0.15) is 12.4 Å². The van der Waals surface area contributed by atoms with Gasteiger partial charge >= 0.3 is 0 Å². The molecule has 0 bridgehead atoms. The third-order valence-corrected chi connectivity index (χ3v) is 6.73. The third-order valence-electron chi connectivity index (χ3n) is 5.38. The number of aliphatic hydroxyl groups is 1. The van der Waals surface area contributed by atoms with Crippen LogP contribution in [0.2, 0.25) is 0 Å². The highest BCUT2D eigenvalue weighted by atomic mass is 32.2. The second-order valence-electron chi connectivity index (χ2n) is 9.28. The zero-order valence-electron chi connectivity index (χ0n) is 22.8. The van der Waals surface area contributed by atoms with E-state index in [1.165, 1.54) is 31.6 Å². The van der Waals surface area contributed by atoms with Gasteiger partial charge in [0.15, 0.2) is 17.4 Å². The summed E-state index contributed by atoms with van der Waals surface area (Å²) in [6, 6.07) is 8.20. The summed E-state index contributed by atoms with van der Waals surface area (Å²) in [5.74, 6) is 0.295. The molecule has 0 amide bonds. The molecule has 39 heavy (non-hydrogen) atoms. The van der Waals surface area contributed by atoms with Gasteiger partial charge in [-0.15, -0.1) is 0 Å². The molecule has 0 saturated carbocycles. The first-order chi connectivity index (χ1) is 18.5. The molecule has 3 rings (SSSR count). The Morgan fingerprint density at radius 2 is 1.74 bits per heavy atom. The Labute approximate surface area is 228 Å². The molecule has 0 aliphatic carbocycles. The minimum atomic E-state index is -4.14. The van der Waals surface area contributed by atoms with Gasteiger partial charge in [0.2, 0.25) is 11.6 Å². The normalized spacial score (nSPS) is 12.7. The Balaban J connectivity index is 2.20. The molecule has 0 atom stereocenters. The minimum absolute atomic E-state index is 0.0169. The Bertz CT molecular complexity index is 1430. The van der Waals surface area contributed by atoms with Crippen LogP contribution in [0.1, 0.15) is 40.2 Å². The number of hydrogen-bond donors (Lipinski definition) is 2. The smallest absolute Gasteiger partial charge is 0.263 e. The van der Waals surface area contributed by atoms with Crippen LogP contribution in [0.4, 0.5) is 5.82 Å². The molecular weight excluding hydrogens is 522 g/mol. The van der Waals surface area contributed by atoms with Crippen LogP contribution in [0.5, 0.6) is 11.6 Å². The molecule has 3 aromatic rings. The highest BCUT2D eigenvalue weighted by molar-refractivity contribution is 7.92. The van der Waals surface area contributed by atoms with E-state index in [4.69, 9.17) is 14.2 Å². The van der Waals surface area contributed by atoms with Crippen molar-refractivity contribution in [2.24, 2.45) is 0 Å². The Morgan fingerprint density at radius 1 is 1.08 bits per heavy atom. The van der Waals surface area contributed by atoms with E-state index in [-0.39, 0.29) is 58.4 Å². The zero-order chi connectivity index (χ0) is 28.6. The van der Waals surface area contributed by atoms with Gasteiger partial charge in [-0.1, -0.05) is 39.0 Å². The first-order valence-corrected chi connectivity index (χ1v) is 13.6. The molecule has 0 saturated heterocycles. The van der Waals surface area contributed by atoms with E-state index in [1.807, 2.05) is 20.8 Å². The predicted molar refractivity (Wildman–Crippen MR) is 147 cm³/mol. The Kier molecular flexibility index (Phi) is 9.60. The molecule has 0 spiro atoms. The summed E-state index contributed by atoms with van der Waals surface area (Å²) in [6.45, 7) is 9.11. The molecule has 0 aliphatic heterocycles. The van der Waals surface area contributed by atoms with Crippen molar-refractivity contribution >= 4 is 15.8 Å². The standard InChI is InChI=1S/C27H33N5O6S/c1-7-9-21(18(2)36-6)38-22-23(32-39(34,35)20-12-10-19(11-13-20)27(3,4)5)30-25(24-28-14-8-15-29-24)31-26(22)37-17-16-33/h7-15,33H,16-17H2,1-6H3,(H,30,31,32)/b9-7-,21-18-. The van der Waals surface area contributed by atoms with Crippen LogP contribution in [0.25, 0.3) is 11.6 Å². The molecular formula is C27H33N5O6S. The van der Waals surface area contributed by atoms with Gasteiger partial charge in [0.25, 0.3) is 15.9 Å². The van der Waals surface area contributed by atoms with Gasteiger partial charge < -0.3 is 19.3 Å². The van der Waals surface area contributed by atoms with Crippen molar-refractivity contribution in [3.63, 3.8) is 0 Å². The summed E-state index contributed by atoms with van der Waals surface area (Å²) in [5.41, 5.74) is 0.827. The fraction of sp³-hybridized carbons (Fsp3) is 0.333. The summed E-state index contributed by atoms with van der Waals surface area (Å²) in [4.78, 5) is 17.1. The topological polar surface area (TPSA) is 146 Å². The number of aromatic nitrogens is 4. The number of allylic oxidation sites excluding steroid dienone is 3. The largest absolute Gasteiger partial charge is 0.498 e. The van der Waals surface area contributed by atoms with Crippen molar-refractivity contribution in [2.75, 3.05) is 25.0 Å². The summed E-state index contributed by atoms with van der Waals surface area (Å²) in [6.07, 6.45) is 6.35. The van der Waals surface area contributed by atoms with Gasteiger partial charge in [-0.3, -0.25) is 4.72 Å². The van der Waals surface area contributed by atoms with E-state index in [0.717, 1.165) is 5.56 Å². The molecule has 2 aromatic heterocycles. The number of nitrogens with zero attached hydrogens (tertiary/aromatic N) is 4. The number of rotatable bonds is 11. The van der Waals surface area contributed by atoms with Crippen molar-refractivity contribution in [3.8, 4) is 23.3 Å². The summed E-state index contributed by atoms with van der Waals surface area (Å²) < 4.78 is 46.5. The molecule has 1 aromatic carbocycles. The van der Waals surface area contributed by atoms with Crippen molar-refractivity contribution < 1.29 is 27.7 Å². The SMILES string of the molecule is C/C=C\C(Oc1c(NS(=O)(=O)c2ccc(C(C)(C)C)cc2)nc(-c2ncccn2)nc1OCCO)=C(/C)OC. The number of nitrogens with one attached hydrogen (secondary N) is 1. The van der Waals surface area contributed by atoms with Gasteiger partial charge in [-0.05, 0) is 49.1 Å². The van der Waals surface area contributed by atoms with Crippen LogP contribution in [-0.4, -0.2) is 53.8 Å². The number of sulfonamides is 1. The van der Waals surface area contributed by atoms with Crippen LogP contribution in [0.3, 0.4) is 0 Å². The first-order valence-electron chi connectivity index (χ1n) is 12.1. The van der Waals surface area contributed by atoms with E-state index in [0.29, 0.717) is 5.76 Å². The van der Waals surface area contributed by atoms with Gasteiger partial charge in [-0.2, -0.15) is 4.98 Å². The predicted octanol–water partition coefficient (Wildman–Crippen LogP) is 4.24. The molecule has 0 fully saturated rings. The number of anilines is 1. The number of hydrogen-bond acceptors (Lipinski definition) is 10. The number of benzene rings is 1. The monoisotopic (exact) mass is 555 g/mol. The Hall–Kier alpha value is -4.03. The molecule has 2 N–H and O–H groups in total. The molecule has 208 valence electrons. The van der Waals surface area contributed by atoms with Crippen LogP contribution in [-0.2, 0) is 20.2 Å². The van der Waals surface area contributed by atoms with Crippen LogP contribution < -0.4 is 14.2 Å². The average molecular weight is 556 g/mol. The fourth-order valence-electron chi connectivity index (χ4n) is 3.25. The van der Waals surface area contributed by atoms with E-state index in [2.05, 4.69) is 24.7 Å². The molecule has 2 heterocycles. The molecule has 0 aliphatic rings. The highest BCUT2D eigenvalue weighted by Crippen LogP contribution is 2.37. The second-order valence-corrected chi connectivity index (χ2v) is 11.0. The lowest BCUT2D eigenvalue weighted by Crippen LogP contribution is -2.18. The summed E-state index contributed by atoms with van der Waals surface area (Å²) in [5, 5.41) is 9.40. The van der Waals surface area contributed by atoms with E-state index in [9.17, 15) is 13.5 Å². The fourth-order valence-corrected chi connectivity index (χ4v) is 4.26. The van der Waals surface area contributed by atoms with Crippen molar-refractivity contribution in [1.29, 1.82) is 0 Å². The summed E-state index contributed by atoms with van der Waals surface area (Å²) in [7, 11) is -2.66. The number of methoxy groups -OCH3 is 1. The molecule has 12 heteroatoms. The van der Waals surface area contributed by atoms with Gasteiger partial charge in [0, 0.05) is 12.4 Å². The van der Waals surface area contributed by atoms with Crippen molar-refractivity contribution in [1.82, 2.24) is 19.9 Å². The van der Waals surface area contributed by atoms with Crippen LogP contribution >= 0.6 is 0 Å². The highest BCUT2D eigenvalue weighted by Gasteiger charge is 2.26. The van der Waals surface area contributed by atoms with Crippen LogP contribution in [0, 0.1) is 0 Å². The van der Waals surface area contributed by atoms with E-state index < -0.39 is 10.0 Å². The van der Waals surface area contributed by atoms with Gasteiger partial charge in [0.05, 0.1) is 18.6 Å².